The molecule has 4 rings (SSSR count). The third kappa shape index (κ3) is 2.57. The van der Waals surface area contributed by atoms with Crippen molar-refractivity contribution in [2.45, 2.75) is 25.9 Å². The number of nitrogens with zero attached hydrogens (tertiary/aromatic N) is 2. The Kier molecular flexibility index (Phi) is 2.97. The summed E-state index contributed by atoms with van der Waals surface area (Å²) in [6, 6.07) is 6.00. The van der Waals surface area contributed by atoms with E-state index >= 15 is 0 Å². The van der Waals surface area contributed by atoms with Crippen molar-refractivity contribution in [3.05, 3.63) is 47.7 Å². The minimum Gasteiger partial charge on any atom is -0.487 e. The Hall–Kier alpha value is -2.08. The lowest BCUT2D eigenvalue weighted by Gasteiger charge is -2.29. The van der Waals surface area contributed by atoms with Gasteiger partial charge in [0.05, 0.1) is 5.75 Å². The van der Waals surface area contributed by atoms with E-state index in [1.807, 2.05) is 35.4 Å². The average Bonchev–Trinajstić information content (AvgIpc) is 2.78. The minimum absolute atomic E-state index is 0.0559. The Balaban J connectivity index is 1.78. The van der Waals surface area contributed by atoms with Crippen molar-refractivity contribution in [3.8, 4) is 5.75 Å². The molecule has 0 fully saturated rings. The average molecular weight is 330 g/mol. The molecule has 0 saturated carbocycles. The minimum atomic E-state index is -3.38. The molecular formula is C17H18N2O3S. The van der Waals surface area contributed by atoms with E-state index in [2.05, 4.69) is 24.3 Å². The monoisotopic (exact) mass is 330 g/mol. The van der Waals surface area contributed by atoms with Gasteiger partial charge in [0.25, 0.3) is 10.0 Å². The Morgan fingerprint density at radius 2 is 2.13 bits per heavy atom. The molecule has 3 aliphatic heterocycles. The van der Waals surface area contributed by atoms with Crippen molar-refractivity contribution >= 4 is 21.4 Å². The largest absolute Gasteiger partial charge is 0.487 e. The predicted molar refractivity (Wildman–Crippen MR) is 89.9 cm³/mol. The van der Waals surface area contributed by atoms with E-state index in [1.165, 1.54) is 0 Å². The summed E-state index contributed by atoms with van der Waals surface area (Å²) in [5, 5.41) is 0. The highest BCUT2D eigenvalue weighted by atomic mass is 32.2. The van der Waals surface area contributed by atoms with E-state index in [1.54, 1.807) is 0 Å². The van der Waals surface area contributed by atoms with Crippen LogP contribution < -0.4 is 4.74 Å². The van der Waals surface area contributed by atoms with Crippen LogP contribution in [0.1, 0.15) is 25.0 Å². The van der Waals surface area contributed by atoms with Gasteiger partial charge in [-0.25, -0.2) is 8.42 Å². The van der Waals surface area contributed by atoms with Gasteiger partial charge < -0.3 is 9.64 Å². The molecule has 0 atom stereocenters. The van der Waals surface area contributed by atoms with Crippen molar-refractivity contribution in [2.24, 2.45) is 4.40 Å². The van der Waals surface area contributed by atoms with Gasteiger partial charge in [-0.1, -0.05) is 6.07 Å². The van der Waals surface area contributed by atoms with Crippen LogP contribution in [0.15, 0.2) is 40.9 Å². The Bertz CT molecular complexity index is 879. The molecule has 120 valence electrons. The maximum atomic E-state index is 11.9. The molecule has 5 nitrogen and oxygen atoms in total. The zero-order chi connectivity index (χ0) is 16.2. The molecule has 0 bridgehead atoms. The van der Waals surface area contributed by atoms with Gasteiger partial charge in [-0.05, 0) is 49.3 Å². The van der Waals surface area contributed by atoms with Crippen molar-refractivity contribution < 1.29 is 13.2 Å². The molecule has 1 aromatic carbocycles. The first-order valence-electron chi connectivity index (χ1n) is 7.63. The summed E-state index contributed by atoms with van der Waals surface area (Å²) in [4.78, 5) is 1.89. The van der Waals surface area contributed by atoms with Crippen LogP contribution in [-0.2, 0) is 16.4 Å². The summed E-state index contributed by atoms with van der Waals surface area (Å²) >= 11 is 0. The van der Waals surface area contributed by atoms with Gasteiger partial charge in [-0.15, -0.1) is 4.40 Å². The lowest BCUT2D eigenvalue weighted by Crippen LogP contribution is -2.37. The first-order valence-corrected chi connectivity index (χ1v) is 9.24. The highest BCUT2D eigenvalue weighted by Gasteiger charge is 2.32. The standard InChI is InChI=1S/C17H18N2O3S/c1-17(2)11-13-10-12(5-6-15(13)22-17)14-4-3-7-19-8-9-23(20,21)18-16(14)19/h3-7,10H,8-9,11H2,1-2H3. The summed E-state index contributed by atoms with van der Waals surface area (Å²) in [7, 11) is -3.38. The molecule has 0 aromatic heterocycles. The summed E-state index contributed by atoms with van der Waals surface area (Å²) < 4.78 is 33.6. The smallest absolute Gasteiger partial charge is 0.256 e. The van der Waals surface area contributed by atoms with Gasteiger partial charge in [0.2, 0.25) is 0 Å². The lowest BCUT2D eigenvalue weighted by atomic mass is 9.96. The molecule has 0 radical (unpaired) electrons. The van der Waals surface area contributed by atoms with E-state index in [4.69, 9.17) is 4.74 Å². The first-order chi connectivity index (χ1) is 10.8. The number of sulfonamides is 1. The number of hydrogen-bond donors (Lipinski definition) is 0. The normalized spacial score (nSPS) is 23.5. The zero-order valence-corrected chi connectivity index (χ0v) is 13.9. The Labute approximate surface area is 136 Å². The molecular weight excluding hydrogens is 312 g/mol. The molecule has 0 amide bonds. The van der Waals surface area contributed by atoms with Crippen LogP contribution >= 0.6 is 0 Å². The van der Waals surface area contributed by atoms with Crippen molar-refractivity contribution in [3.63, 3.8) is 0 Å². The second-order valence-electron chi connectivity index (χ2n) is 6.68. The van der Waals surface area contributed by atoms with E-state index in [0.717, 1.165) is 28.9 Å². The number of rotatable bonds is 1. The first kappa shape index (κ1) is 14.5. The molecule has 0 saturated heterocycles. The highest BCUT2D eigenvalue weighted by molar-refractivity contribution is 7.90. The third-order valence-electron chi connectivity index (χ3n) is 4.23. The molecule has 3 heterocycles. The van der Waals surface area contributed by atoms with Crippen molar-refractivity contribution in [1.82, 2.24) is 4.90 Å². The predicted octanol–water partition coefficient (Wildman–Crippen LogP) is 2.35. The summed E-state index contributed by atoms with van der Waals surface area (Å²) in [6.07, 6.45) is 6.56. The van der Waals surface area contributed by atoms with Crippen LogP contribution in [0.25, 0.3) is 5.57 Å². The van der Waals surface area contributed by atoms with Gasteiger partial charge in [0, 0.05) is 24.7 Å². The molecule has 1 aromatic rings. The van der Waals surface area contributed by atoms with Gasteiger partial charge in [0.15, 0.2) is 5.84 Å². The Morgan fingerprint density at radius 1 is 1.30 bits per heavy atom. The Morgan fingerprint density at radius 3 is 2.96 bits per heavy atom. The molecule has 0 N–H and O–H groups in total. The van der Waals surface area contributed by atoms with Crippen molar-refractivity contribution in [2.75, 3.05) is 12.3 Å². The van der Waals surface area contributed by atoms with Gasteiger partial charge in [-0.3, -0.25) is 0 Å². The fraction of sp³-hybridized carbons (Fsp3) is 0.353. The summed E-state index contributed by atoms with van der Waals surface area (Å²) in [5.41, 5.74) is 2.76. The second-order valence-corrected chi connectivity index (χ2v) is 8.43. The maximum absolute atomic E-state index is 11.9. The van der Waals surface area contributed by atoms with Crippen LogP contribution in [-0.4, -0.2) is 37.1 Å². The van der Waals surface area contributed by atoms with E-state index in [0.29, 0.717) is 12.4 Å². The fourth-order valence-corrected chi connectivity index (χ4v) is 4.20. The topological polar surface area (TPSA) is 59.0 Å². The summed E-state index contributed by atoms with van der Waals surface area (Å²) in [5.74, 6) is 1.47. The maximum Gasteiger partial charge on any atom is 0.256 e. The number of ether oxygens (including phenoxy) is 1. The van der Waals surface area contributed by atoms with Gasteiger partial charge in [0.1, 0.15) is 11.4 Å². The molecule has 3 aliphatic rings. The second kappa shape index (κ2) is 4.71. The third-order valence-corrected chi connectivity index (χ3v) is 5.38. The van der Waals surface area contributed by atoms with Crippen LogP contribution in [0.5, 0.6) is 5.75 Å². The molecule has 6 heteroatoms. The number of amidine groups is 1. The van der Waals surface area contributed by atoms with E-state index in [9.17, 15) is 8.42 Å². The van der Waals surface area contributed by atoms with Gasteiger partial charge >= 0.3 is 0 Å². The fourth-order valence-electron chi connectivity index (χ4n) is 3.22. The molecule has 0 aliphatic carbocycles. The van der Waals surface area contributed by atoms with Crippen LogP contribution in [0.4, 0.5) is 0 Å². The summed E-state index contributed by atoms with van der Waals surface area (Å²) in [6.45, 7) is 4.57. The van der Waals surface area contributed by atoms with Crippen LogP contribution in [0.2, 0.25) is 0 Å². The SMILES string of the molecule is CC1(C)Cc2cc(C3=CC=CN4CCS(=O)(=O)N=C34)ccc2O1. The number of allylic oxidation sites excluding steroid dienone is 2. The number of benzene rings is 1. The van der Waals surface area contributed by atoms with Crippen LogP contribution in [0, 0.1) is 0 Å². The molecule has 0 spiro atoms. The number of fused-ring (bicyclic) bond motifs is 2. The quantitative estimate of drug-likeness (QED) is 0.793. The number of hydrogen-bond acceptors (Lipinski definition) is 4. The van der Waals surface area contributed by atoms with Crippen molar-refractivity contribution in [1.29, 1.82) is 0 Å². The van der Waals surface area contributed by atoms with E-state index < -0.39 is 10.0 Å². The lowest BCUT2D eigenvalue weighted by molar-refractivity contribution is 0.138. The van der Waals surface area contributed by atoms with E-state index in [-0.39, 0.29) is 11.4 Å². The molecule has 0 unspecified atom stereocenters. The zero-order valence-electron chi connectivity index (χ0n) is 13.1. The van der Waals surface area contributed by atoms with Crippen LogP contribution in [0.3, 0.4) is 0 Å². The molecule has 23 heavy (non-hydrogen) atoms. The highest BCUT2D eigenvalue weighted by Crippen LogP contribution is 2.37. The van der Waals surface area contributed by atoms with Gasteiger partial charge in [-0.2, -0.15) is 0 Å².